The van der Waals surface area contributed by atoms with Crippen molar-refractivity contribution in [1.29, 1.82) is 5.41 Å². The SMILES string of the molecule is CNc1cc(C(C)(C)C)on1.Cc1cc(NC=O)ccc1Nc1ncnc(N)c1C(=N)c1ccc(OCCN2CCOCC2)cc1. The molecular weight excluding hydrogens is 586 g/mol. The number of nitrogens with zero attached hydrogens (tertiary/aromatic N) is 4. The number of carbonyl (C=O) groups excluding carboxylic acids is 1. The lowest BCUT2D eigenvalue weighted by Gasteiger charge is -2.26. The van der Waals surface area contributed by atoms with Crippen molar-refractivity contribution in [3.05, 3.63) is 77.3 Å². The van der Waals surface area contributed by atoms with Crippen molar-refractivity contribution in [2.24, 2.45) is 0 Å². The number of benzene rings is 2. The molecule has 6 N–H and O–H groups in total. The highest BCUT2D eigenvalue weighted by atomic mass is 16.5. The van der Waals surface area contributed by atoms with Gasteiger partial charge in [-0.3, -0.25) is 15.1 Å². The highest BCUT2D eigenvalue weighted by molar-refractivity contribution is 6.16. The van der Waals surface area contributed by atoms with Crippen molar-refractivity contribution in [2.45, 2.75) is 33.1 Å². The van der Waals surface area contributed by atoms with Gasteiger partial charge in [0.15, 0.2) is 5.82 Å². The van der Waals surface area contributed by atoms with E-state index in [1.165, 1.54) is 6.33 Å². The smallest absolute Gasteiger partial charge is 0.211 e. The van der Waals surface area contributed by atoms with Gasteiger partial charge in [-0.15, -0.1) is 0 Å². The maximum absolute atomic E-state index is 10.7. The molecular formula is C33H43N9O4. The molecule has 0 unspecified atom stereocenters. The van der Waals surface area contributed by atoms with Crippen LogP contribution in [0.3, 0.4) is 0 Å². The Labute approximate surface area is 269 Å². The van der Waals surface area contributed by atoms with Crippen LogP contribution in [0.25, 0.3) is 0 Å². The Bertz CT molecular complexity index is 1590. The summed E-state index contributed by atoms with van der Waals surface area (Å²) in [4.78, 5) is 21.4. The summed E-state index contributed by atoms with van der Waals surface area (Å²) >= 11 is 0. The minimum atomic E-state index is 0.0437. The van der Waals surface area contributed by atoms with E-state index in [1.807, 2.05) is 56.4 Å². The third-order valence-corrected chi connectivity index (χ3v) is 7.26. The average Bonchev–Trinajstić information content (AvgIpc) is 3.54. The van der Waals surface area contributed by atoms with Crippen molar-refractivity contribution in [2.75, 3.05) is 68.2 Å². The number of nitrogen functional groups attached to an aromatic ring is 1. The van der Waals surface area contributed by atoms with Crippen molar-refractivity contribution in [3.8, 4) is 5.75 Å². The van der Waals surface area contributed by atoms with Crippen LogP contribution in [-0.2, 0) is 14.9 Å². The number of rotatable bonds is 11. The summed E-state index contributed by atoms with van der Waals surface area (Å²) < 4.78 is 16.3. The van der Waals surface area contributed by atoms with Gasteiger partial charge in [-0.25, -0.2) is 9.97 Å². The molecule has 0 spiro atoms. The number of ether oxygens (including phenoxy) is 2. The van der Waals surface area contributed by atoms with Gasteiger partial charge in [-0.2, -0.15) is 0 Å². The summed E-state index contributed by atoms with van der Waals surface area (Å²) in [6.45, 7) is 13.0. The average molecular weight is 630 g/mol. The second-order valence-corrected chi connectivity index (χ2v) is 11.7. The van der Waals surface area contributed by atoms with Crippen molar-refractivity contribution < 1.29 is 18.8 Å². The molecule has 2 aromatic carbocycles. The Morgan fingerprint density at radius 2 is 1.85 bits per heavy atom. The van der Waals surface area contributed by atoms with Crippen LogP contribution in [0.5, 0.6) is 5.75 Å². The number of anilines is 5. The molecule has 2 aromatic heterocycles. The lowest BCUT2D eigenvalue weighted by molar-refractivity contribution is -0.105. The lowest BCUT2D eigenvalue weighted by atomic mass is 9.93. The molecule has 244 valence electrons. The van der Waals surface area contributed by atoms with E-state index in [4.69, 9.17) is 25.1 Å². The monoisotopic (exact) mass is 629 g/mol. The lowest BCUT2D eigenvalue weighted by Crippen LogP contribution is -2.38. The summed E-state index contributed by atoms with van der Waals surface area (Å²) in [6, 6.07) is 14.7. The number of aryl methyl sites for hydroxylation is 1. The summed E-state index contributed by atoms with van der Waals surface area (Å²) in [5.41, 5.74) is 9.83. The second-order valence-electron chi connectivity index (χ2n) is 11.7. The van der Waals surface area contributed by atoms with Crippen molar-refractivity contribution >= 4 is 41.0 Å². The molecule has 5 rings (SSSR count). The minimum Gasteiger partial charge on any atom is -0.492 e. The zero-order valence-electron chi connectivity index (χ0n) is 27.0. The van der Waals surface area contributed by atoms with Gasteiger partial charge in [-0.1, -0.05) is 25.9 Å². The van der Waals surface area contributed by atoms with Crippen LogP contribution < -0.4 is 26.4 Å². The highest BCUT2D eigenvalue weighted by Gasteiger charge is 2.19. The Hall–Kier alpha value is -5.01. The normalized spacial score (nSPS) is 13.2. The van der Waals surface area contributed by atoms with Gasteiger partial charge in [0.2, 0.25) is 6.41 Å². The van der Waals surface area contributed by atoms with Crippen LogP contribution in [0.15, 0.2) is 59.4 Å². The first-order chi connectivity index (χ1) is 22.1. The van der Waals surface area contributed by atoms with E-state index in [1.54, 1.807) is 6.07 Å². The highest BCUT2D eigenvalue weighted by Crippen LogP contribution is 2.28. The molecule has 0 atom stereocenters. The van der Waals surface area contributed by atoms with Crippen LogP contribution in [0.1, 0.15) is 43.2 Å². The molecule has 1 fully saturated rings. The number of aromatic nitrogens is 3. The van der Waals surface area contributed by atoms with Gasteiger partial charge in [0, 0.05) is 55.1 Å². The molecule has 1 saturated heterocycles. The molecule has 1 aliphatic rings. The largest absolute Gasteiger partial charge is 0.492 e. The van der Waals surface area contributed by atoms with E-state index in [9.17, 15) is 4.79 Å². The van der Waals surface area contributed by atoms with E-state index in [2.05, 4.69) is 56.7 Å². The quantitative estimate of drug-likeness (QED) is 0.114. The van der Waals surface area contributed by atoms with Crippen molar-refractivity contribution in [3.63, 3.8) is 0 Å². The molecule has 0 radical (unpaired) electrons. The molecule has 1 amide bonds. The predicted octanol–water partition coefficient (Wildman–Crippen LogP) is 4.82. The van der Waals surface area contributed by atoms with Crippen LogP contribution in [0.2, 0.25) is 0 Å². The maximum Gasteiger partial charge on any atom is 0.211 e. The first-order valence-electron chi connectivity index (χ1n) is 15.0. The number of nitrogens with two attached hydrogens (primary N) is 1. The molecule has 0 saturated carbocycles. The third kappa shape index (κ3) is 9.25. The number of hydrogen-bond acceptors (Lipinski definition) is 12. The maximum atomic E-state index is 10.7. The Kier molecular flexibility index (Phi) is 11.7. The number of amides is 1. The van der Waals surface area contributed by atoms with Gasteiger partial charge >= 0.3 is 0 Å². The number of morpholine rings is 1. The summed E-state index contributed by atoms with van der Waals surface area (Å²) in [5.74, 6) is 3.06. The predicted molar refractivity (Wildman–Crippen MR) is 180 cm³/mol. The topological polar surface area (TPSA) is 177 Å². The van der Waals surface area contributed by atoms with Crippen molar-refractivity contribution in [1.82, 2.24) is 20.0 Å². The zero-order valence-corrected chi connectivity index (χ0v) is 27.0. The van der Waals surface area contributed by atoms with E-state index in [0.29, 0.717) is 35.6 Å². The van der Waals surface area contributed by atoms with Crippen LogP contribution >= 0.6 is 0 Å². The van der Waals surface area contributed by atoms with Gasteiger partial charge in [0.1, 0.15) is 36.1 Å². The minimum absolute atomic E-state index is 0.0437. The number of nitrogens with one attached hydrogen (secondary N) is 4. The van der Waals surface area contributed by atoms with Gasteiger partial charge < -0.3 is 35.7 Å². The Morgan fingerprint density at radius 3 is 2.46 bits per heavy atom. The summed E-state index contributed by atoms with van der Waals surface area (Å²) in [6.07, 6.45) is 1.99. The molecule has 0 aliphatic carbocycles. The number of hydrogen-bond donors (Lipinski definition) is 5. The third-order valence-electron chi connectivity index (χ3n) is 7.26. The van der Waals surface area contributed by atoms with Crippen LogP contribution in [0.4, 0.5) is 28.8 Å². The standard InChI is InChI=1S/C25H29N7O3.C8H14N2O/c1-17-14-19(30-16-33)4-7-21(17)31-25-22(24(27)28-15-29-25)23(26)18-2-5-20(6-3-18)35-13-10-32-8-11-34-12-9-32;1-8(2,3)6-5-7(9-4)10-11-6/h2-7,14-16,26H,8-13H2,1H3,(H,30,33)(H3,27,28,29,31);5H,1-4H3,(H,9,10). The van der Waals surface area contributed by atoms with E-state index in [0.717, 1.165) is 61.4 Å². The molecule has 4 aromatic rings. The summed E-state index contributed by atoms with van der Waals surface area (Å²) in [5, 5.41) is 21.4. The molecule has 13 nitrogen and oxygen atoms in total. The van der Waals surface area contributed by atoms with E-state index >= 15 is 0 Å². The van der Waals surface area contributed by atoms with Crippen LogP contribution in [0, 0.1) is 12.3 Å². The molecule has 46 heavy (non-hydrogen) atoms. The molecule has 1 aliphatic heterocycles. The fourth-order valence-electron chi connectivity index (χ4n) is 4.56. The molecule has 0 bridgehead atoms. The fraction of sp³-hybridized carbons (Fsp3) is 0.364. The molecule has 3 heterocycles. The fourth-order valence-corrected chi connectivity index (χ4v) is 4.56. The van der Waals surface area contributed by atoms with Gasteiger partial charge in [0.05, 0.1) is 24.5 Å². The van der Waals surface area contributed by atoms with E-state index < -0.39 is 0 Å². The Morgan fingerprint density at radius 1 is 1.11 bits per heavy atom. The van der Waals surface area contributed by atoms with Crippen LogP contribution in [-0.4, -0.2) is 78.6 Å². The second kappa shape index (κ2) is 15.8. The van der Waals surface area contributed by atoms with Gasteiger partial charge in [-0.05, 0) is 55.0 Å². The first kappa shape index (κ1) is 33.9. The number of carbonyl (C=O) groups is 1. The zero-order chi connectivity index (χ0) is 33.1. The first-order valence-corrected chi connectivity index (χ1v) is 15.0. The van der Waals surface area contributed by atoms with E-state index in [-0.39, 0.29) is 16.9 Å². The molecule has 13 heteroatoms. The Balaban J connectivity index is 0.000000369. The summed E-state index contributed by atoms with van der Waals surface area (Å²) in [7, 11) is 1.82. The van der Waals surface area contributed by atoms with Gasteiger partial charge in [0.25, 0.3) is 0 Å².